The van der Waals surface area contributed by atoms with Gasteiger partial charge in [-0.15, -0.1) is 0 Å². The summed E-state index contributed by atoms with van der Waals surface area (Å²) >= 11 is 0. The third-order valence-corrected chi connectivity index (χ3v) is 2.59. The summed E-state index contributed by atoms with van der Waals surface area (Å²) in [6.07, 6.45) is 2.78. The summed E-state index contributed by atoms with van der Waals surface area (Å²) in [6, 6.07) is 7.31. The Hall–Kier alpha value is -2.10. The number of benzene rings is 1. The summed E-state index contributed by atoms with van der Waals surface area (Å²) < 4.78 is 0. The smallest absolute Gasteiger partial charge is 0.248 e. The number of nitrogens with zero attached hydrogens (tertiary/aromatic N) is 1. The predicted octanol–water partition coefficient (Wildman–Crippen LogP) is 2.16. The van der Waals surface area contributed by atoms with E-state index in [0.29, 0.717) is 5.56 Å². The van der Waals surface area contributed by atoms with Gasteiger partial charge in [-0.2, -0.15) is 0 Å². The number of carbonyl (C=O) groups is 1. The van der Waals surface area contributed by atoms with Gasteiger partial charge in [-0.05, 0) is 30.0 Å². The Morgan fingerprint density at radius 2 is 2.24 bits per heavy atom. The van der Waals surface area contributed by atoms with Crippen molar-refractivity contribution in [2.24, 2.45) is 5.73 Å². The van der Waals surface area contributed by atoms with Crippen LogP contribution in [0.2, 0.25) is 0 Å². The van der Waals surface area contributed by atoms with Gasteiger partial charge in [-0.3, -0.25) is 4.79 Å². The molecule has 0 saturated carbocycles. The van der Waals surface area contributed by atoms with Crippen LogP contribution in [-0.4, -0.2) is 17.4 Å². The van der Waals surface area contributed by atoms with E-state index in [2.05, 4.69) is 17.2 Å². The number of primary amides is 1. The second-order valence-electron chi connectivity index (χ2n) is 3.89. The average molecular weight is 229 g/mol. The van der Waals surface area contributed by atoms with E-state index in [4.69, 9.17) is 5.73 Å². The molecule has 0 aliphatic rings. The second-order valence-corrected chi connectivity index (χ2v) is 3.89. The standard InChI is InChI=1S/C13H15N3O/c1-2-6-15-13-11-8-10(12(14)17)4-3-9(11)5-7-16-13/h3-5,7-8H,2,6H2,1H3,(H2,14,17)(H,15,16). The number of aromatic nitrogens is 1. The number of carbonyl (C=O) groups excluding carboxylic acids is 1. The zero-order chi connectivity index (χ0) is 12.3. The van der Waals surface area contributed by atoms with Crippen LogP contribution in [0, 0.1) is 0 Å². The number of anilines is 1. The highest BCUT2D eigenvalue weighted by atomic mass is 16.1. The lowest BCUT2D eigenvalue weighted by Crippen LogP contribution is -2.11. The van der Waals surface area contributed by atoms with Crippen molar-refractivity contribution >= 4 is 22.5 Å². The number of nitrogens with two attached hydrogens (primary N) is 1. The molecule has 0 bridgehead atoms. The van der Waals surface area contributed by atoms with Gasteiger partial charge in [0.1, 0.15) is 5.82 Å². The Kier molecular flexibility index (Phi) is 3.23. The van der Waals surface area contributed by atoms with Crippen LogP contribution < -0.4 is 11.1 Å². The molecule has 1 aromatic heterocycles. The van der Waals surface area contributed by atoms with Crippen LogP contribution in [0.1, 0.15) is 23.7 Å². The molecule has 4 heteroatoms. The van der Waals surface area contributed by atoms with Crippen LogP contribution in [0.25, 0.3) is 10.8 Å². The minimum atomic E-state index is -0.419. The van der Waals surface area contributed by atoms with Crippen LogP contribution in [0.5, 0.6) is 0 Å². The van der Waals surface area contributed by atoms with E-state index in [1.807, 2.05) is 12.1 Å². The van der Waals surface area contributed by atoms with Gasteiger partial charge >= 0.3 is 0 Å². The lowest BCUT2D eigenvalue weighted by atomic mass is 10.1. The first-order chi connectivity index (χ1) is 8.22. The minimum absolute atomic E-state index is 0.419. The van der Waals surface area contributed by atoms with Gasteiger partial charge in [-0.1, -0.05) is 13.0 Å². The van der Waals surface area contributed by atoms with Crippen molar-refractivity contribution in [1.29, 1.82) is 0 Å². The molecule has 2 aromatic rings. The number of pyridine rings is 1. The molecular weight excluding hydrogens is 214 g/mol. The first kappa shape index (κ1) is 11.4. The molecule has 0 aliphatic heterocycles. The SMILES string of the molecule is CCCNc1nccc2ccc(C(N)=O)cc12. The van der Waals surface area contributed by atoms with Crippen molar-refractivity contribution < 1.29 is 4.79 Å². The minimum Gasteiger partial charge on any atom is -0.370 e. The van der Waals surface area contributed by atoms with Gasteiger partial charge in [0.2, 0.25) is 5.91 Å². The summed E-state index contributed by atoms with van der Waals surface area (Å²) in [6.45, 7) is 2.94. The van der Waals surface area contributed by atoms with E-state index in [1.54, 1.807) is 18.3 Å². The Balaban J connectivity index is 2.51. The first-order valence-electron chi connectivity index (χ1n) is 5.65. The highest BCUT2D eigenvalue weighted by molar-refractivity contribution is 6.00. The quantitative estimate of drug-likeness (QED) is 0.844. The van der Waals surface area contributed by atoms with E-state index in [-0.39, 0.29) is 0 Å². The number of hydrogen-bond donors (Lipinski definition) is 2. The van der Waals surface area contributed by atoms with Crippen molar-refractivity contribution in [2.75, 3.05) is 11.9 Å². The van der Waals surface area contributed by atoms with Gasteiger partial charge < -0.3 is 11.1 Å². The summed E-state index contributed by atoms with van der Waals surface area (Å²) in [5.74, 6) is 0.379. The van der Waals surface area contributed by atoms with Crippen LogP contribution in [0.15, 0.2) is 30.5 Å². The van der Waals surface area contributed by atoms with Crippen molar-refractivity contribution in [3.05, 3.63) is 36.0 Å². The fourth-order valence-corrected chi connectivity index (χ4v) is 1.71. The van der Waals surface area contributed by atoms with Crippen molar-refractivity contribution in [2.45, 2.75) is 13.3 Å². The van der Waals surface area contributed by atoms with Crippen LogP contribution in [-0.2, 0) is 0 Å². The number of hydrogen-bond acceptors (Lipinski definition) is 3. The molecule has 2 rings (SSSR count). The summed E-state index contributed by atoms with van der Waals surface area (Å²) in [5, 5.41) is 5.21. The van der Waals surface area contributed by atoms with Crippen LogP contribution in [0.3, 0.4) is 0 Å². The Bertz CT molecular complexity index is 551. The normalized spacial score (nSPS) is 10.4. The fraction of sp³-hybridized carbons (Fsp3) is 0.231. The molecule has 1 amide bonds. The molecule has 17 heavy (non-hydrogen) atoms. The molecular formula is C13H15N3O. The third-order valence-electron chi connectivity index (χ3n) is 2.59. The Morgan fingerprint density at radius 3 is 2.94 bits per heavy atom. The Labute approximate surface area is 99.8 Å². The number of nitrogens with one attached hydrogen (secondary N) is 1. The summed E-state index contributed by atoms with van der Waals surface area (Å²) in [7, 11) is 0. The predicted molar refractivity (Wildman–Crippen MR) is 69.0 cm³/mol. The van der Waals surface area contributed by atoms with E-state index in [9.17, 15) is 4.79 Å². The van der Waals surface area contributed by atoms with Crippen LogP contribution in [0.4, 0.5) is 5.82 Å². The molecule has 4 nitrogen and oxygen atoms in total. The molecule has 1 aromatic carbocycles. The molecule has 3 N–H and O–H groups in total. The lowest BCUT2D eigenvalue weighted by Gasteiger charge is -2.08. The zero-order valence-electron chi connectivity index (χ0n) is 9.73. The van der Waals surface area contributed by atoms with Gasteiger partial charge in [-0.25, -0.2) is 4.98 Å². The average Bonchev–Trinajstić information content (AvgIpc) is 2.35. The summed E-state index contributed by atoms with van der Waals surface area (Å²) in [4.78, 5) is 15.4. The topological polar surface area (TPSA) is 68.0 Å². The Morgan fingerprint density at radius 1 is 1.41 bits per heavy atom. The zero-order valence-corrected chi connectivity index (χ0v) is 9.73. The lowest BCUT2D eigenvalue weighted by molar-refractivity contribution is 0.100. The molecule has 88 valence electrons. The largest absolute Gasteiger partial charge is 0.370 e. The van der Waals surface area contributed by atoms with Crippen molar-refractivity contribution in [3.8, 4) is 0 Å². The number of fused-ring (bicyclic) bond motifs is 1. The monoisotopic (exact) mass is 229 g/mol. The number of rotatable bonds is 4. The van der Waals surface area contributed by atoms with E-state index >= 15 is 0 Å². The molecule has 0 spiro atoms. The van der Waals surface area contributed by atoms with E-state index < -0.39 is 5.91 Å². The maximum atomic E-state index is 11.2. The molecule has 1 heterocycles. The first-order valence-corrected chi connectivity index (χ1v) is 5.65. The molecule has 0 atom stereocenters. The molecule has 0 aliphatic carbocycles. The van der Waals surface area contributed by atoms with Crippen LogP contribution >= 0.6 is 0 Å². The maximum Gasteiger partial charge on any atom is 0.248 e. The summed E-state index contributed by atoms with van der Waals surface area (Å²) in [5.41, 5.74) is 5.78. The molecule has 0 fully saturated rings. The molecule has 0 unspecified atom stereocenters. The van der Waals surface area contributed by atoms with E-state index in [0.717, 1.165) is 29.6 Å². The number of amides is 1. The molecule has 0 saturated heterocycles. The fourth-order valence-electron chi connectivity index (χ4n) is 1.71. The van der Waals surface area contributed by atoms with Crippen molar-refractivity contribution in [3.63, 3.8) is 0 Å². The second kappa shape index (κ2) is 4.82. The van der Waals surface area contributed by atoms with Crippen molar-refractivity contribution in [1.82, 2.24) is 4.98 Å². The van der Waals surface area contributed by atoms with E-state index in [1.165, 1.54) is 0 Å². The highest BCUT2D eigenvalue weighted by Crippen LogP contribution is 2.22. The van der Waals surface area contributed by atoms with Gasteiger partial charge in [0.15, 0.2) is 0 Å². The van der Waals surface area contributed by atoms with Gasteiger partial charge in [0.25, 0.3) is 0 Å². The third kappa shape index (κ3) is 2.36. The van der Waals surface area contributed by atoms with Gasteiger partial charge in [0, 0.05) is 23.7 Å². The maximum absolute atomic E-state index is 11.2. The molecule has 0 radical (unpaired) electrons. The highest BCUT2D eigenvalue weighted by Gasteiger charge is 2.05. The van der Waals surface area contributed by atoms with Gasteiger partial charge in [0.05, 0.1) is 0 Å².